The van der Waals surface area contributed by atoms with Crippen LogP contribution in [-0.2, 0) is 5.41 Å². The summed E-state index contributed by atoms with van der Waals surface area (Å²) in [5, 5.41) is 2.25. The van der Waals surface area contributed by atoms with Crippen molar-refractivity contribution >= 4 is 39.0 Å². The third kappa shape index (κ3) is 6.80. The van der Waals surface area contributed by atoms with Crippen molar-refractivity contribution in [3.63, 3.8) is 0 Å². The van der Waals surface area contributed by atoms with Gasteiger partial charge in [0.1, 0.15) is 11.2 Å². The van der Waals surface area contributed by atoms with Gasteiger partial charge >= 0.3 is 0 Å². The minimum atomic E-state index is -0.413. The molecule has 0 amide bonds. The minimum absolute atomic E-state index is 0.413. The zero-order valence-corrected chi connectivity index (χ0v) is 37.8. The Morgan fingerprint density at radius 3 is 1.45 bits per heavy atom. The quantitative estimate of drug-likeness (QED) is 0.144. The Morgan fingerprint density at radius 2 is 0.739 bits per heavy atom. The van der Waals surface area contributed by atoms with Crippen molar-refractivity contribution < 1.29 is 4.42 Å². The summed E-state index contributed by atoms with van der Waals surface area (Å²) in [6, 6.07) is 99.1. The van der Waals surface area contributed by atoms with Gasteiger partial charge in [-0.2, -0.15) is 0 Å². The van der Waals surface area contributed by atoms with Crippen molar-refractivity contribution in [3.8, 4) is 55.6 Å². The Hall–Kier alpha value is -8.98. The lowest BCUT2D eigenvalue weighted by Gasteiger charge is -2.33. The first kappa shape index (κ1) is 40.3. The normalized spacial score (nSPS) is 12.5. The molecule has 0 spiro atoms. The predicted molar refractivity (Wildman–Crippen MR) is 287 cm³/mol. The lowest BCUT2D eigenvalue weighted by Crippen LogP contribution is -2.28. The molecule has 324 valence electrons. The molecular weight excluding hydrogens is 835 g/mol. The standard InChI is InChI=1S/C67H45NO/c1-4-17-46(18-5-1)47-37-40-55(41-38-47)68(57-26-15-20-52(44-57)58-29-16-30-61-60-28-11-13-32-65(60)69-66(58)61)56-25-14-19-50(43-56)48-33-35-49(36-34-48)51-39-42-64-62(45-51)59-27-10-12-31-63(59)67(64,53-21-6-2-7-22-53)54-23-8-3-9-24-54/h1-45H. The molecule has 1 aliphatic carbocycles. The molecule has 1 aliphatic rings. The maximum atomic E-state index is 6.53. The number of nitrogens with zero attached hydrogens (tertiary/aromatic N) is 1. The van der Waals surface area contributed by atoms with E-state index in [1.165, 1.54) is 55.6 Å². The highest BCUT2D eigenvalue weighted by molar-refractivity contribution is 6.09. The summed E-state index contributed by atoms with van der Waals surface area (Å²) in [5.74, 6) is 0. The topological polar surface area (TPSA) is 16.4 Å². The van der Waals surface area contributed by atoms with Crippen molar-refractivity contribution in [2.75, 3.05) is 4.90 Å². The molecule has 0 aliphatic heterocycles. The Balaban J connectivity index is 0.877. The van der Waals surface area contributed by atoms with Crippen LogP contribution < -0.4 is 4.90 Å². The van der Waals surface area contributed by atoms with Gasteiger partial charge in [-0.15, -0.1) is 0 Å². The van der Waals surface area contributed by atoms with Gasteiger partial charge in [-0.1, -0.05) is 224 Å². The van der Waals surface area contributed by atoms with Crippen molar-refractivity contribution in [3.05, 3.63) is 295 Å². The number of para-hydroxylation sites is 2. The molecule has 0 N–H and O–H groups in total. The molecular formula is C67H45NO. The average Bonchev–Trinajstić information content (AvgIpc) is 3.96. The zero-order valence-electron chi connectivity index (χ0n) is 37.8. The van der Waals surface area contributed by atoms with E-state index >= 15 is 0 Å². The Bertz CT molecular complexity index is 3780. The number of benzene rings is 11. The van der Waals surface area contributed by atoms with E-state index < -0.39 is 5.41 Å². The highest BCUT2D eigenvalue weighted by atomic mass is 16.3. The molecule has 2 nitrogen and oxygen atoms in total. The van der Waals surface area contributed by atoms with E-state index in [9.17, 15) is 0 Å². The van der Waals surface area contributed by atoms with Crippen LogP contribution in [0.4, 0.5) is 17.1 Å². The molecule has 11 aromatic carbocycles. The molecule has 0 atom stereocenters. The lowest BCUT2D eigenvalue weighted by molar-refractivity contribution is 0.670. The van der Waals surface area contributed by atoms with Crippen LogP contribution in [-0.4, -0.2) is 0 Å². The van der Waals surface area contributed by atoms with E-state index in [1.807, 2.05) is 12.1 Å². The van der Waals surface area contributed by atoms with Crippen molar-refractivity contribution in [1.29, 1.82) is 0 Å². The molecule has 1 aromatic heterocycles. The van der Waals surface area contributed by atoms with Gasteiger partial charge in [-0.05, 0) is 121 Å². The molecule has 0 unspecified atom stereocenters. The van der Waals surface area contributed by atoms with Gasteiger partial charge in [0.2, 0.25) is 0 Å². The Kier molecular flexibility index (Phi) is 9.77. The fraction of sp³-hybridized carbons (Fsp3) is 0.0149. The summed E-state index contributed by atoms with van der Waals surface area (Å²) in [6.45, 7) is 0. The van der Waals surface area contributed by atoms with Crippen LogP contribution in [0.15, 0.2) is 277 Å². The maximum absolute atomic E-state index is 6.53. The van der Waals surface area contributed by atoms with Crippen LogP contribution in [0.2, 0.25) is 0 Å². The monoisotopic (exact) mass is 879 g/mol. The Labute approximate surface area is 402 Å². The Morgan fingerprint density at radius 1 is 0.275 bits per heavy atom. The molecule has 0 saturated carbocycles. The number of furan rings is 1. The molecule has 0 fully saturated rings. The summed E-state index contributed by atoms with van der Waals surface area (Å²) in [7, 11) is 0. The summed E-state index contributed by atoms with van der Waals surface area (Å²) in [4.78, 5) is 2.36. The van der Waals surface area contributed by atoms with Gasteiger partial charge in [0.05, 0.1) is 5.41 Å². The SMILES string of the molecule is c1ccc(-c2ccc(N(c3cccc(-c4ccc(-c5ccc6c(c5)-c5ccccc5C6(c5ccccc5)c5ccccc5)cc4)c3)c3cccc(-c4cccc5c4oc4ccccc45)c3)cc2)cc1. The van der Waals surface area contributed by atoms with Crippen molar-refractivity contribution in [1.82, 2.24) is 0 Å². The van der Waals surface area contributed by atoms with Crippen LogP contribution in [0.5, 0.6) is 0 Å². The fourth-order valence-corrected chi connectivity index (χ4v) is 11.0. The first-order valence-corrected chi connectivity index (χ1v) is 23.7. The van der Waals surface area contributed by atoms with Gasteiger partial charge in [0.15, 0.2) is 0 Å². The second-order valence-corrected chi connectivity index (χ2v) is 18.0. The summed E-state index contributed by atoms with van der Waals surface area (Å²) < 4.78 is 6.53. The highest BCUT2D eigenvalue weighted by Gasteiger charge is 2.46. The van der Waals surface area contributed by atoms with Crippen LogP contribution in [0, 0.1) is 0 Å². The number of rotatable bonds is 9. The second-order valence-electron chi connectivity index (χ2n) is 18.0. The van der Waals surface area contributed by atoms with E-state index in [1.54, 1.807) is 0 Å². The molecule has 0 radical (unpaired) electrons. The van der Waals surface area contributed by atoms with Gasteiger partial charge in [-0.25, -0.2) is 0 Å². The van der Waals surface area contributed by atoms with Crippen molar-refractivity contribution in [2.24, 2.45) is 0 Å². The van der Waals surface area contributed by atoms with E-state index in [-0.39, 0.29) is 0 Å². The van der Waals surface area contributed by atoms with E-state index in [0.29, 0.717) is 0 Å². The largest absolute Gasteiger partial charge is 0.455 e. The van der Waals surface area contributed by atoms with Crippen LogP contribution in [0.1, 0.15) is 22.3 Å². The van der Waals surface area contributed by atoms with E-state index in [4.69, 9.17) is 4.42 Å². The number of fused-ring (bicyclic) bond motifs is 6. The lowest BCUT2D eigenvalue weighted by atomic mass is 9.67. The fourth-order valence-electron chi connectivity index (χ4n) is 11.0. The number of anilines is 3. The third-order valence-electron chi connectivity index (χ3n) is 14.2. The van der Waals surface area contributed by atoms with Crippen LogP contribution >= 0.6 is 0 Å². The predicted octanol–water partition coefficient (Wildman–Crippen LogP) is 18.1. The van der Waals surface area contributed by atoms with Gasteiger partial charge in [0.25, 0.3) is 0 Å². The van der Waals surface area contributed by atoms with E-state index in [2.05, 4.69) is 266 Å². The molecule has 69 heavy (non-hydrogen) atoms. The zero-order chi connectivity index (χ0) is 45.7. The number of hydrogen-bond donors (Lipinski definition) is 0. The summed E-state index contributed by atoms with van der Waals surface area (Å²) in [5.41, 5.74) is 21.6. The molecule has 0 bridgehead atoms. The molecule has 13 rings (SSSR count). The van der Waals surface area contributed by atoms with Crippen LogP contribution in [0.3, 0.4) is 0 Å². The summed E-state index contributed by atoms with van der Waals surface area (Å²) >= 11 is 0. The number of hydrogen-bond acceptors (Lipinski definition) is 2. The summed E-state index contributed by atoms with van der Waals surface area (Å²) in [6.07, 6.45) is 0. The highest BCUT2D eigenvalue weighted by Crippen LogP contribution is 2.56. The molecule has 12 aromatic rings. The minimum Gasteiger partial charge on any atom is -0.455 e. The van der Waals surface area contributed by atoms with Gasteiger partial charge < -0.3 is 9.32 Å². The molecule has 2 heteroatoms. The first-order chi connectivity index (χ1) is 34.2. The second kappa shape index (κ2) is 16.7. The van der Waals surface area contributed by atoms with Crippen molar-refractivity contribution in [2.45, 2.75) is 5.41 Å². The average molecular weight is 880 g/mol. The third-order valence-corrected chi connectivity index (χ3v) is 14.2. The van der Waals surface area contributed by atoms with Gasteiger partial charge in [0, 0.05) is 33.4 Å². The first-order valence-electron chi connectivity index (χ1n) is 23.7. The smallest absolute Gasteiger partial charge is 0.143 e. The van der Waals surface area contributed by atoms with Crippen LogP contribution in [0.25, 0.3) is 77.6 Å². The molecule has 1 heterocycles. The van der Waals surface area contributed by atoms with E-state index in [0.717, 1.165) is 61.3 Å². The maximum Gasteiger partial charge on any atom is 0.143 e. The molecule has 0 saturated heterocycles. The van der Waals surface area contributed by atoms with Gasteiger partial charge in [-0.3, -0.25) is 0 Å².